The largest absolute Gasteiger partial charge is 0.478 e. The van der Waals surface area contributed by atoms with Crippen molar-refractivity contribution in [2.75, 3.05) is 18.4 Å². The topological polar surface area (TPSA) is 86.7 Å². The van der Waals surface area contributed by atoms with Crippen LogP contribution in [0.3, 0.4) is 0 Å². The van der Waals surface area contributed by atoms with E-state index in [9.17, 15) is 14.4 Å². The van der Waals surface area contributed by atoms with Gasteiger partial charge >= 0.3 is 5.97 Å². The van der Waals surface area contributed by atoms with Gasteiger partial charge in [0.2, 0.25) is 5.91 Å². The summed E-state index contributed by atoms with van der Waals surface area (Å²) in [5, 5.41) is 11.9. The van der Waals surface area contributed by atoms with Gasteiger partial charge < -0.3 is 15.3 Å². The quantitative estimate of drug-likeness (QED) is 0.869. The zero-order chi connectivity index (χ0) is 19.4. The maximum atomic E-state index is 12.9. The lowest BCUT2D eigenvalue weighted by Crippen LogP contribution is -2.50. The molecule has 1 fully saturated rings. The van der Waals surface area contributed by atoms with Gasteiger partial charge in [0.1, 0.15) is 0 Å². The molecule has 2 aromatic rings. The number of likely N-dealkylation sites (tertiary alicyclic amines) is 1. The molecule has 2 N–H and O–H groups in total. The van der Waals surface area contributed by atoms with Crippen molar-refractivity contribution in [3.63, 3.8) is 0 Å². The molecule has 2 amide bonds. The minimum atomic E-state index is -1.05. The summed E-state index contributed by atoms with van der Waals surface area (Å²) in [5.74, 6) is -1.34. The van der Waals surface area contributed by atoms with Crippen LogP contribution >= 0.6 is 0 Å². The lowest BCUT2D eigenvalue weighted by atomic mass is 9.80. The van der Waals surface area contributed by atoms with E-state index in [0.29, 0.717) is 30.8 Å². The molecular weight excluding hydrogens is 344 g/mol. The highest BCUT2D eigenvalue weighted by molar-refractivity contribution is 5.98. The summed E-state index contributed by atoms with van der Waals surface area (Å²) >= 11 is 0. The summed E-state index contributed by atoms with van der Waals surface area (Å²) in [4.78, 5) is 38.4. The highest BCUT2D eigenvalue weighted by Crippen LogP contribution is 2.32. The number of nitrogens with zero attached hydrogens (tertiary/aromatic N) is 1. The summed E-state index contributed by atoms with van der Waals surface area (Å²) in [6.45, 7) is 2.78. The van der Waals surface area contributed by atoms with E-state index in [4.69, 9.17) is 5.11 Å². The Morgan fingerprint density at radius 1 is 1.04 bits per heavy atom. The molecule has 3 rings (SSSR count). The molecular formula is C21H22N2O4. The fourth-order valence-corrected chi connectivity index (χ4v) is 3.37. The second kappa shape index (κ2) is 7.61. The number of carbonyl (C=O) groups excluding carboxylic acids is 2. The molecule has 0 bridgehead atoms. The zero-order valence-electron chi connectivity index (χ0n) is 15.1. The predicted octanol–water partition coefficient (Wildman–Crippen LogP) is 3.27. The number of hydrogen-bond donors (Lipinski definition) is 2. The van der Waals surface area contributed by atoms with Crippen LogP contribution in [-0.4, -0.2) is 40.9 Å². The lowest BCUT2D eigenvalue weighted by molar-refractivity contribution is -0.127. The molecule has 0 aliphatic carbocycles. The predicted molar refractivity (Wildman–Crippen MR) is 102 cm³/mol. The Morgan fingerprint density at radius 3 is 2.44 bits per heavy atom. The number of aromatic carboxylic acids is 1. The van der Waals surface area contributed by atoms with Gasteiger partial charge in [-0.2, -0.15) is 0 Å². The molecule has 1 atom stereocenters. The summed E-state index contributed by atoms with van der Waals surface area (Å²) in [6, 6.07) is 15.2. The Bertz CT molecular complexity index is 865. The van der Waals surface area contributed by atoms with Crippen LogP contribution in [0, 0.1) is 5.41 Å². The highest BCUT2D eigenvalue weighted by Gasteiger charge is 2.39. The van der Waals surface area contributed by atoms with E-state index in [1.165, 1.54) is 12.1 Å². The number of carboxylic acid groups (broad SMARTS) is 1. The third-order valence-corrected chi connectivity index (χ3v) is 4.92. The summed E-state index contributed by atoms with van der Waals surface area (Å²) < 4.78 is 0. The third kappa shape index (κ3) is 4.16. The number of hydrogen-bond acceptors (Lipinski definition) is 3. The SMILES string of the molecule is CC1(C(=O)Nc2cccc(C(=O)O)c2)CCCN(C(=O)c2ccccc2)C1. The molecule has 0 saturated carbocycles. The molecule has 1 aliphatic heterocycles. The van der Waals surface area contributed by atoms with Gasteiger partial charge in [-0.1, -0.05) is 24.3 Å². The third-order valence-electron chi connectivity index (χ3n) is 4.92. The van der Waals surface area contributed by atoms with Crippen LogP contribution < -0.4 is 5.32 Å². The van der Waals surface area contributed by atoms with E-state index in [1.807, 2.05) is 25.1 Å². The molecule has 0 aromatic heterocycles. The first kappa shape index (κ1) is 18.6. The van der Waals surface area contributed by atoms with Crippen molar-refractivity contribution in [3.8, 4) is 0 Å². The number of carbonyl (C=O) groups is 3. The number of carboxylic acids is 1. The van der Waals surface area contributed by atoms with E-state index >= 15 is 0 Å². The van der Waals surface area contributed by atoms with Crippen molar-refractivity contribution in [3.05, 3.63) is 65.7 Å². The van der Waals surface area contributed by atoms with Crippen molar-refractivity contribution in [2.45, 2.75) is 19.8 Å². The molecule has 140 valence electrons. The van der Waals surface area contributed by atoms with Gasteiger partial charge in [-0.3, -0.25) is 9.59 Å². The second-order valence-corrected chi connectivity index (χ2v) is 7.10. The van der Waals surface area contributed by atoms with Gasteiger partial charge in [-0.05, 0) is 50.1 Å². The zero-order valence-corrected chi connectivity index (χ0v) is 15.1. The summed E-state index contributed by atoms with van der Waals surface area (Å²) in [7, 11) is 0. The van der Waals surface area contributed by atoms with E-state index < -0.39 is 11.4 Å². The van der Waals surface area contributed by atoms with Gasteiger partial charge in [0.25, 0.3) is 5.91 Å². The van der Waals surface area contributed by atoms with Crippen LogP contribution in [-0.2, 0) is 4.79 Å². The molecule has 27 heavy (non-hydrogen) atoms. The molecule has 6 heteroatoms. The molecule has 6 nitrogen and oxygen atoms in total. The maximum Gasteiger partial charge on any atom is 0.335 e. The molecule has 1 unspecified atom stereocenters. The molecule has 1 heterocycles. The van der Waals surface area contributed by atoms with E-state index in [2.05, 4.69) is 5.32 Å². The fourth-order valence-electron chi connectivity index (χ4n) is 3.37. The number of benzene rings is 2. The van der Waals surface area contributed by atoms with E-state index in [0.717, 1.165) is 6.42 Å². The fraction of sp³-hybridized carbons (Fsp3) is 0.286. The number of nitrogens with one attached hydrogen (secondary N) is 1. The van der Waals surface area contributed by atoms with Gasteiger partial charge in [0.05, 0.1) is 11.0 Å². The molecule has 1 aliphatic rings. The average molecular weight is 366 g/mol. The van der Waals surface area contributed by atoms with Crippen molar-refractivity contribution in [1.82, 2.24) is 4.90 Å². The van der Waals surface area contributed by atoms with Crippen LogP contribution in [0.25, 0.3) is 0 Å². The molecule has 0 radical (unpaired) electrons. The van der Waals surface area contributed by atoms with Crippen LogP contribution in [0.1, 0.15) is 40.5 Å². The first-order valence-corrected chi connectivity index (χ1v) is 8.88. The van der Waals surface area contributed by atoms with Crippen LogP contribution in [0.2, 0.25) is 0 Å². The first-order valence-electron chi connectivity index (χ1n) is 8.88. The average Bonchev–Trinajstić information content (AvgIpc) is 2.68. The van der Waals surface area contributed by atoms with Gasteiger partial charge in [-0.15, -0.1) is 0 Å². The number of rotatable bonds is 4. The number of amides is 2. The van der Waals surface area contributed by atoms with Crippen molar-refractivity contribution in [2.24, 2.45) is 5.41 Å². The Labute approximate surface area is 157 Å². The van der Waals surface area contributed by atoms with Gasteiger partial charge in [-0.25, -0.2) is 4.79 Å². The van der Waals surface area contributed by atoms with Gasteiger partial charge in [0.15, 0.2) is 0 Å². The van der Waals surface area contributed by atoms with Crippen molar-refractivity contribution in [1.29, 1.82) is 0 Å². The maximum absolute atomic E-state index is 12.9. The molecule has 1 saturated heterocycles. The Kier molecular flexibility index (Phi) is 5.26. The smallest absolute Gasteiger partial charge is 0.335 e. The monoisotopic (exact) mass is 366 g/mol. The number of piperidine rings is 1. The molecule has 2 aromatic carbocycles. The summed E-state index contributed by atoms with van der Waals surface area (Å²) in [5.41, 5.74) is 0.425. The minimum absolute atomic E-state index is 0.0813. The highest BCUT2D eigenvalue weighted by atomic mass is 16.4. The summed E-state index contributed by atoms with van der Waals surface area (Å²) in [6.07, 6.45) is 1.40. The Morgan fingerprint density at radius 2 is 1.74 bits per heavy atom. The van der Waals surface area contributed by atoms with Gasteiger partial charge in [0, 0.05) is 24.3 Å². The van der Waals surface area contributed by atoms with Crippen LogP contribution in [0.15, 0.2) is 54.6 Å². The van der Waals surface area contributed by atoms with Crippen LogP contribution in [0.4, 0.5) is 5.69 Å². The second-order valence-electron chi connectivity index (χ2n) is 7.10. The van der Waals surface area contributed by atoms with Crippen molar-refractivity contribution >= 4 is 23.5 Å². The standard InChI is InChI=1S/C21H22N2O4/c1-21(20(27)22-17-10-5-9-16(13-17)19(25)26)11-6-12-23(14-21)18(24)15-7-3-2-4-8-15/h2-5,7-10,13H,6,11-12,14H2,1H3,(H,22,27)(H,25,26). The van der Waals surface area contributed by atoms with Crippen LogP contribution in [0.5, 0.6) is 0 Å². The van der Waals surface area contributed by atoms with E-state index in [-0.39, 0.29) is 17.4 Å². The Balaban J connectivity index is 1.73. The Hall–Kier alpha value is -3.15. The van der Waals surface area contributed by atoms with E-state index in [1.54, 1.807) is 29.2 Å². The number of anilines is 1. The normalized spacial score (nSPS) is 19.4. The lowest BCUT2D eigenvalue weighted by Gasteiger charge is -2.39. The first-order chi connectivity index (χ1) is 12.9. The molecule has 0 spiro atoms. The van der Waals surface area contributed by atoms with Crippen molar-refractivity contribution < 1.29 is 19.5 Å². The minimum Gasteiger partial charge on any atom is -0.478 e.